The summed E-state index contributed by atoms with van der Waals surface area (Å²) >= 11 is 0. The van der Waals surface area contributed by atoms with Gasteiger partial charge in [-0.2, -0.15) is 0 Å². The molecule has 11 nitrogen and oxygen atoms in total. The van der Waals surface area contributed by atoms with Crippen molar-refractivity contribution in [3.63, 3.8) is 0 Å². The maximum Gasteiger partial charge on any atom is 0.336 e. The third kappa shape index (κ3) is 11.6. The highest BCUT2D eigenvalue weighted by atomic mass is 16.6. The van der Waals surface area contributed by atoms with Crippen LogP contribution in [0.25, 0.3) is 0 Å². The summed E-state index contributed by atoms with van der Waals surface area (Å²) in [5.41, 5.74) is 0.952. The van der Waals surface area contributed by atoms with E-state index in [4.69, 9.17) is 29.2 Å². The fraction of sp³-hybridized carbons (Fsp3) is 0.735. The SMILES string of the molecule is C=C(C(=O)OC1CC1)C(C(C)C)[C@H]1CCC(=O)O1.C=C(C)C(=O)O.C=C(C)C(=O)OC12CC3CC(CC(C3)C1C(C)C)C2.C=C(CO)C(=O)OC12CC3CC(CC(C3)C1)C2. The molecule has 2 N–H and O–H groups in total. The molecule has 0 amide bonds. The summed E-state index contributed by atoms with van der Waals surface area (Å²) < 4.78 is 22.3. The smallest absolute Gasteiger partial charge is 0.336 e. The number of aliphatic hydroxyl groups excluding tert-OH is 1. The molecule has 10 aliphatic rings. The molecule has 11 heteroatoms. The van der Waals surface area contributed by atoms with Crippen molar-refractivity contribution >= 4 is 29.8 Å². The molecule has 9 saturated carbocycles. The average molecular weight is 837 g/mol. The fourth-order valence-corrected chi connectivity index (χ4v) is 12.5. The van der Waals surface area contributed by atoms with Gasteiger partial charge in [0.05, 0.1) is 12.2 Å². The third-order valence-corrected chi connectivity index (χ3v) is 14.3. The maximum absolute atomic E-state index is 12.1. The number of esters is 4. The number of carbonyl (C=O) groups is 5. The van der Waals surface area contributed by atoms with Crippen molar-refractivity contribution in [1.82, 2.24) is 0 Å². The first-order chi connectivity index (χ1) is 28.1. The minimum Gasteiger partial charge on any atom is -0.478 e. The van der Waals surface area contributed by atoms with E-state index in [2.05, 4.69) is 40.2 Å². The number of carbonyl (C=O) groups excluding carboxylic acids is 4. The zero-order chi connectivity index (χ0) is 44.3. The lowest BCUT2D eigenvalue weighted by Gasteiger charge is -2.61. The zero-order valence-electron chi connectivity index (χ0n) is 37.1. The molecule has 0 aromatic rings. The number of carboxylic acid groups (broad SMARTS) is 1. The van der Waals surface area contributed by atoms with Crippen LogP contribution in [0.1, 0.15) is 138 Å². The first kappa shape index (κ1) is 47.3. The Labute approximate surface area is 357 Å². The highest BCUT2D eigenvalue weighted by Crippen LogP contribution is 2.62. The van der Waals surface area contributed by atoms with Crippen LogP contribution in [0.15, 0.2) is 48.6 Å². The van der Waals surface area contributed by atoms with E-state index in [9.17, 15) is 24.0 Å². The van der Waals surface area contributed by atoms with Gasteiger partial charge < -0.3 is 29.2 Å². The van der Waals surface area contributed by atoms with E-state index >= 15 is 0 Å². The van der Waals surface area contributed by atoms with Crippen LogP contribution in [-0.4, -0.2) is 70.1 Å². The van der Waals surface area contributed by atoms with Gasteiger partial charge in [-0.05, 0) is 151 Å². The average Bonchev–Trinajstić information content (AvgIpc) is 3.86. The highest BCUT2D eigenvalue weighted by Gasteiger charge is 2.60. The molecule has 1 aliphatic heterocycles. The monoisotopic (exact) mass is 837 g/mol. The van der Waals surface area contributed by atoms with Crippen LogP contribution in [0.2, 0.25) is 0 Å². The van der Waals surface area contributed by atoms with Crippen LogP contribution < -0.4 is 0 Å². The molecule has 0 radical (unpaired) electrons. The Hall–Kier alpha value is -3.73. The van der Waals surface area contributed by atoms with Gasteiger partial charge in [-0.25, -0.2) is 19.2 Å². The Morgan fingerprint density at radius 1 is 0.733 bits per heavy atom. The predicted octanol–water partition coefficient (Wildman–Crippen LogP) is 8.88. The molecule has 10 fully saturated rings. The van der Waals surface area contributed by atoms with E-state index in [-0.39, 0.29) is 70.9 Å². The Morgan fingerprint density at radius 3 is 1.62 bits per heavy atom. The van der Waals surface area contributed by atoms with E-state index in [0.717, 1.165) is 80.5 Å². The van der Waals surface area contributed by atoms with Crippen LogP contribution in [0, 0.1) is 59.2 Å². The van der Waals surface area contributed by atoms with Crippen molar-refractivity contribution in [2.75, 3.05) is 6.61 Å². The Morgan fingerprint density at radius 2 is 1.23 bits per heavy atom. The molecule has 60 heavy (non-hydrogen) atoms. The van der Waals surface area contributed by atoms with Gasteiger partial charge in [0.25, 0.3) is 0 Å². The second-order valence-corrected chi connectivity index (χ2v) is 20.4. The Bertz CT molecular complexity index is 1620. The van der Waals surface area contributed by atoms with Crippen LogP contribution in [0.3, 0.4) is 0 Å². The lowest BCUT2D eigenvalue weighted by Crippen LogP contribution is -2.60. The quantitative estimate of drug-likeness (QED) is 0.110. The van der Waals surface area contributed by atoms with Gasteiger partial charge in [0.1, 0.15) is 23.4 Å². The van der Waals surface area contributed by atoms with Gasteiger partial charge in [0.2, 0.25) is 0 Å². The fourth-order valence-electron chi connectivity index (χ4n) is 12.5. The molecule has 1 saturated heterocycles. The lowest BCUT2D eigenvalue weighted by atomic mass is 9.47. The van der Waals surface area contributed by atoms with Gasteiger partial charge in [0, 0.05) is 35.0 Å². The summed E-state index contributed by atoms with van der Waals surface area (Å²) in [4.78, 5) is 56.6. The molecule has 0 spiro atoms. The summed E-state index contributed by atoms with van der Waals surface area (Å²) in [6.45, 7) is 25.8. The Balaban J connectivity index is 0.000000160. The van der Waals surface area contributed by atoms with E-state index < -0.39 is 11.9 Å². The molecule has 9 aliphatic carbocycles. The van der Waals surface area contributed by atoms with Crippen LogP contribution in [-0.2, 0) is 42.9 Å². The molecule has 1 heterocycles. The summed E-state index contributed by atoms with van der Waals surface area (Å²) in [7, 11) is 0. The molecule has 0 aromatic carbocycles. The second-order valence-electron chi connectivity index (χ2n) is 20.4. The molecule has 10 rings (SSSR count). The molecular weight excluding hydrogens is 765 g/mol. The van der Waals surface area contributed by atoms with Crippen LogP contribution in [0.4, 0.5) is 0 Å². The van der Waals surface area contributed by atoms with Gasteiger partial charge in [-0.15, -0.1) is 0 Å². The number of cyclic esters (lactones) is 1. The minimum atomic E-state index is -0.935. The zero-order valence-corrected chi connectivity index (χ0v) is 37.1. The molecule has 8 bridgehead atoms. The van der Waals surface area contributed by atoms with Crippen molar-refractivity contribution in [3.05, 3.63) is 48.6 Å². The van der Waals surface area contributed by atoms with Crippen molar-refractivity contribution in [3.8, 4) is 0 Å². The van der Waals surface area contributed by atoms with Gasteiger partial charge in [0.15, 0.2) is 0 Å². The summed E-state index contributed by atoms with van der Waals surface area (Å²) in [5, 5.41) is 16.8. The minimum absolute atomic E-state index is 0.0770. The largest absolute Gasteiger partial charge is 0.478 e. The van der Waals surface area contributed by atoms with Gasteiger partial charge in [-0.3, -0.25) is 4.79 Å². The standard InChI is InChI=1S/C17H26O2.C14H20O4.C14H20O3.C4H6O2/c1-10(2)15-14-6-12-5-13(7-14)9-17(15,8-12)19-16(18)11(3)4;1-8(2)13(11-6-7-12(15)18-11)9(3)14(16)17-10-4-5-10;1-9(8-15)13(16)17-14-5-10-2-11(6-14)4-12(3-10)7-14;1-3(2)4(5)6/h10,12-15H,3,5-9H2,1-2,4H3;8,10-11,13H,3-7H2,1-2H3;10-12,15H,1-8H2;1H2,2H3,(H,5,6)/t;11-,13?;;/m.1../s1. The van der Waals surface area contributed by atoms with E-state index in [0.29, 0.717) is 35.8 Å². The predicted molar refractivity (Wildman–Crippen MR) is 227 cm³/mol. The first-order valence-corrected chi connectivity index (χ1v) is 22.5. The van der Waals surface area contributed by atoms with Crippen LogP contribution in [0.5, 0.6) is 0 Å². The van der Waals surface area contributed by atoms with Gasteiger partial charge >= 0.3 is 29.8 Å². The second kappa shape index (κ2) is 19.5. The summed E-state index contributed by atoms with van der Waals surface area (Å²) in [6, 6.07) is 0. The molecule has 334 valence electrons. The number of aliphatic hydroxyl groups is 1. The van der Waals surface area contributed by atoms with Crippen LogP contribution >= 0.6 is 0 Å². The Kier molecular flexibility index (Phi) is 15.4. The number of ether oxygens (including phenoxy) is 4. The van der Waals surface area contributed by atoms with E-state index in [1.165, 1.54) is 45.4 Å². The normalized spacial score (nSPS) is 34.0. The van der Waals surface area contributed by atoms with Crippen molar-refractivity contribution in [1.29, 1.82) is 0 Å². The molecule has 5 atom stereocenters. The number of carboxylic acids is 1. The number of hydrogen-bond acceptors (Lipinski definition) is 10. The van der Waals surface area contributed by atoms with Crippen molar-refractivity contribution in [2.24, 2.45) is 59.2 Å². The maximum atomic E-state index is 12.1. The number of aliphatic carboxylic acids is 1. The molecule has 0 aromatic heterocycles. The highest BCUT2D eigenvalue weighted by molar-refractivity contribution is 5.89. The number of hydrogen-bond donors (Lipinski definition) is 2. The summed E-state index contributed by atoms with van der Waals surface area (Å²) in [6.07, 6.45) is 16.2. The third-order valence-electron chi connectivity index (χ3n) is 14.3. The molecule has 4 unspecified atom stereocenters. The number of rotatable bonds is 12. The van der Waals surface area contributed by atoms with E-state index in [1.807, 2.05) is 13.8 Å². The van der Waals surface area contributed by atoms with Crippen molar-refractivity contribution < 1.29 is 53.1 Å². The first-order valence-electron chi connectivity index (χ1n) is 22.5. The van der Waals surface area contributed by atoms with Gasteiger partial charge in [-0.1, -0.05) is 54.0 Å². The summed E-state index contributed by atoms with van der Waals surface area (Å²) in [5.74, 6) is 3.85. The molecular formula is C49H72O11. The van der Waals surface area contributed by atoms with Crippen molar-refractivity contribution in [2.45, 2.75) is 161 Å². The topological polar surface area (TPSA) is 163 Å². The lowest BCUT2D eigenvalue weighted by molar-refractivity contribution is -0.212. The van der Waals surface area contributed by atoms with E-state index in [1.54, 1.807) is 6.92 Å².